The molecule has 0 unspecified atom stereocenters. The first-order valence-electron chi connectivity index (χ1n) is 17.9. The number of hydrogen-bond donors (Lipinski definition) is 3. The number of aliphatic hydroxyl groups excluding tert-OH is 2. The highest BCUT2D eigenvalue weighted by Gasteiger charge is 2.34. The molecule has 1 atom stereocenters. The topological polar surface area (TPSA) is 117 Å². The normalized spacial score (nSPS) is 13.3. The molecule has 1 rings (SSSR count). The Morgan fingerprint density at radius 1 is 0.820 bits per heavy atom. The maximum absolute atomic E-state index is 13.0. The van der Waals surface area contributed by atoms with Crippen molar-refractivity contribution in [1.82, 2.24) is 10.3 Å². The first-order valence-corrected chi connectivity index (χ1v) is 20.2. The van der Waals surface area contributed by atoms with Gasteiger partial charge in [-0.3, -0.25) is 19.4 Å². The Morgan fingerprint density at radius 2 is 1.38 bits per heavy atom. The number of nitrogens with zero attached hydrogens (tertiary/aromatic N) is 1. The molecule has 0 radical (unpaired) electrons. The van der Waals surface area contributed by atoms with Gasteiger partial charge in [-0.05, 0) is 76.8 Å². The van der Waals surface area contributed by atoms with Gasteiger partial charge >= 0.3 is 0 Å². The third-order valence-corrected chi connectivity index (χ3v) is 11.2. The van der Waals surface area contributed by atoms with Crippen molar-refractivity contribution in [3.63, 3.8) is 0 Å². The number of allylic oxidation sites excluding steroid dienone is 12. The molecule has 1 aromatic heterocycles. The molecule has 0 fully saturated rings. The van der Waals surface area contributed by atoms with Gasteiger partial charge in [0.2, 0.25) is 5.91 Å². The van der Waals surface area contributed by atoms with E-state index in [-0.39, 0.29) is 55.9 Å². The summed E-state index contributed by atoms with van der Waals surface area (Å²) in [5, 5.41) is 21.8. The molecule has 0 aliphatic rings. The molecule has 9 heteroatoms. The monoisotopic (exact) mass is 724 g/mol. The second-order valence-electron chi connectivity index (χ2n) is 12.6. The minimum atomic E-state index is -0.495. The van der Waals surface area contributed by atoms with Gasteiger partial charge in [0.15, 0.2) is 5.78 Å². The second kappa shape index (κ2) is 29.7. The number of carbonyl (C=O) groups excluding carboxylic acids is 3. The predicted octanol–water partition coefficient (Wildman–Crippen LogP) is 8.97. The van der Waals surface area contributed by atoms with Crippen molar-refractivity contribution >= 4 is 39.1 Å². The van der Waals surface area contributed by atoms with E-state index in [4.69, 9.17) is 0 Å². The van der Waals surface area contributed by atoms with Gasteiger partial charge in [0.25, 0.3) is 0 Å². The van der Waals surface area contributed by atoms with Crippen LogP contribution in [-0.2, 0) is 9.59 Å². The van der Waals surface area contributed by atoms with Crippen molar-refractivity contribution in [2.24, 2.45) is 11.8 Å². The number of nitrogens with one attached hydrogen (secondary N) is 1. The Balaban J connectivity index is 2.31. The minimum absolute atomic E-state index is 0.0160. The van der Waals surface area contributed by atoms with Crippen LogP contribution in [0.25, 0.3) is 0 Å². The molecule has 1 amide bonds. The molecule has 0 saturated carbocycles. The Bertz CT molecular complexity index is 1250. The second-order valence-corrected chi connectivity index (χ2v) is 15.6. The molecule has 0 aromatic carbocycles. The summed E-state index contributed by atoms with van der Waals surface area (Å²) >= 11 is 0. The summed E-state index contributed by atoms with van der Waals surface area (Å²) in [4.78, 5) is 42.2. The van der Waals surface area contributed by atoms with Crippen molar-refractivity contribution in [1.29, 1.82) is 0 Å². The van der Waals surface area contributed by atoms with E-state index in [9.17, 15) is 24.6 Å². The summed E-state index contributed by atoms with van der Waals surface area (Å²) in [6.45, 7) is 6.21. The smallest absolute Gasteiger partial charge is 0.220 e. The van der Waals surface area contributed by atoms with Gasteiger partial charge in [0.1, 0.15) is 5.78 Å². The highest BCUT2D eigenvalue weighted by atomic mass is 33.1. The predicted molar refractivity (Wildman–Crippen MR) is 213 cm³/mol. The van der Waals surface area contributed by atoms with Crippen LogP contribution in [0.3, 0.4) is 0 Å². The van der Waals surface area contributed by atoms with Crippen molar-refractivity contribution in [3.8, 4) is 0 Å². The van der Waals surface area contributed by atoms with E-state index >= 15 is 0 Å². The molecular formula is C41H60N2O5S2. The Kier molecular flexibility index (Phi) is 26.8. The summed E-state index contributed by atoms with van der Waals surface area (Å²) in [6.07, 6.45) is 36.5. The molecule has 0 bridgehead atoms. The molecule has 3 N–H and O–H groups in total. The number of aliphatic hydroxyl groups is 2. The molecule has 0 spiro atoms. The highest BCUT2D eigenvalue weighted by molar-refractivity contribution is 8.77. The van der Waals surface area contributed by atoms with Crippen LogP contribution in [-0.4, -0.2) is 62.9 Å². The van der Waals surface area contributed by atoms with Gasteiger partial charge in [-0.1, -0.05) is 101 Å². The summed E-state index contributed by atoms with van der Waals surface area (Å²) in [6, 6.07) is 3.44. The van der Waals surface area contributed by atoms with Gasteiger partial charge in [0, 0.05) is 79.8 Å². The fourth-order valence-electron chi connectivity index (χ4n) is 4.74. The fourth-order valence-corrected chi connectivity index (χ4v) is 7.43. The van der Waals surface area contributed by atoms with E-state index in [0.717, 1.165) is 38.5 Å². The highest BCUT2D eigenvalue weighted by Crippen LogP contribution is 2.44. The number of hydrogen-bond acceptors (Lipinski definition) is 8. The van der Waals surface area contributed by atoms with Crippen LogP contribution in [0.5, 0.6) is 0 Å². The lowest BCUT2D eigenvalue weighted by Crippen LogP contribution is -2.32. The van der Waals surface area contributed by atoms with E-state index in [1.807, 2.05) is 19.9 Å². The summed E-state index contributed by atoms with van der Waals surface area (Å²) in [5.74, 6) is -0.204. The average molecular weight is 725 g/mol. The quantitative estimate of drug-likeness (QED) is 0.0325. The van der Waals surface area contributed by atoms with Crippen LogP contribution in [0.15, 0.2) is 97.4 Å². The lowest BCUT2D eigenvalue weighted by Gasteiger charge is -2.33. The number of rotatable bonds is 29. The Hall–Kier alpha value is -2.98. The zero-order valence-electron chi connectivity index (χ0n) is 30.4. The van der Waals surface area contributed by atoms with Crippen molar-refractivity contribution in [3.05, 3.63) is 103 Å². The lowest BCUT2D eigenvalue weighted by atomic mass is 9.83. The largest absolute Gasteiger partial charge is 0.396 e. The van der Waals surface area contributed by atoms with Crippen LogP contribution < -0.4 is 5.32 Å². The van der Waals surface area contributed by atoms with E-state index < -0.39 is 10.7 Å². The molecule has 1 aromatic rings. The molecular weight excluding hydrogens is 665 g/mol. The zero-order chi connectivity index (χ0) is 36.7. The minimum Gasteiger partial charge on any atom is -0.396 e. The van der Waals surface area contributed by atoms with Crippen molar-refractivity contribution in [2.75, 3.05) is 25.5 Å². The molecule has 7 nitrogen and oxygen atoms in total. The van der Waals surface area contributed by atoms with Gasteiger partial charge in [-0.15, -0.1) is 0 Å². The molecule has 1 heterocycles. The van der Waals surface area contributed by atoms with Crippen molar-refractivity contribution < 1.29 is 24.6 Å². The number of aromatic nitrogens is 1. The third kappa shape index (κ3) is 23.4. The van der Waals surface area contributed by atoms with Crippen LogP contribution in [0, 0.1) is 11.8 Å². The third-order valence-electron chi connectivity index (χ3n) is 7.82. The zero-order valence-corrected chi connectivity index (χ0v) is 32.0. The fraction of sp³-hybridized carbons (Fsp3) is 0.512. The maximum atomic E-state index is 13.0. The number of carbonyl (C=O) groups is 3. The number of pyridine rings is 1. The van der Waals surface area contributed by atoms with E-state index in [2.05, 4.69) is 84.1 Å². The summed E-state index contributed by atoms with van der Waals surface area (Å²) in [5.41, 5.74) is 0.508. The van der Waals surface area contributed by atoms with E-state index in [1.165, 1.54) is 6.20 Å². The van der Waals surface area contributed by atoms with Gasteiger partial charge in [0.05, 0.1) is 0 Å². The Labute approximate surface area is 309 Å². The number of amides is 1. The molecule has 0 saturated heterocycles. The maximum Gasteiger partial charge on any atom is 0.220 e. The molecule has 0 aliphatic carbocycles. The van der Waals surface area contributed by atoms with Gasteiger partial charge in [-0.2, -0.15) is 0 Å². The van der Waals surface area contributed by atoms with Gasteiger partial charge < -0.3 is 15.5 Å². The first-order chi connectivity index (χ1) is 24.2. The van der Waals surface area contributed by atoms with E-state index in [1.54, 1.807) is 39.9 Å². The standard InChI is InChI=1S/C41H60N2O5S2/c1-4-5-6-7-8-9-10-11-12-13-14-15-16-17-18-19-20-21-22-25-40(48)43-27-28-49-50-41(2,3)37(30-38(46)29-35(33-44)34-45)31-39(47)36-24-23-26-42-32-36/h5-6,8-9,11-12,14-15,17-18,20-21,23-24,26,32,35,37,44-45H,4,7,10,13,16,19,22,25,27-31,33-34H2,1-3H3,(H,43,48)/b6-5-,9-8-,12-11-,15-14-,18-17-,21-20-/t37-/m0/s1. The number of Topliss-reactive ketones (excluding diaryl/α,β-unsaturated/α-hetero) is 2. The summed E-state index contributed by atoms with van der Waals surface area (Å²) in [7, 11) is 3.22. The first kappa shape index (κ1) is 45.0. The van der Waals surface area contributed by atoms with Crippen LogP contribution in [0.2, 0.25) is 0 Å². The van der Waals surface area contributed by atoms with Crippen LogP contribution in [0.1, 0.15) is 102 Å². The Morgan fingerprint density at radius 3 is 1.90 bits per heavy atom. The lowest BCUT2D eigenvalue weighted by molar-refractivity contribution is -0.122. The molecule has 276 valence electrons. The van der Waals surface area contributed by atoms with E-state index in [0.29, 0.717) is 30.7 Å². The number of ketones is 2. The van der Waals surface area contributed by atoms with Crippen molar-refractivity contribution in [2.45, 2.75) is 96.1 Å². The van der Waals surface area contributed by atoms with Crippen LogP contribution in [0.4, 0.5) is 0 Å². The molecule has 0 aliphatic heterocycles. The van der Waals surface area contributed by atoms with Gasteiger partial charge in [-0.25, -0.2) is 0 Å². The summed E-state index contributed by atoms with van der Waals surface area (Å²) < 4.78 is -0.424. The SMILES string of the molecule is CC/C=C\C/C=C\C/C=C\C/C=C\C/C=C\C/C=C\CCC(=O)NCCSSC(C)(C)[C@@H](CC(=O)CC(CO)CO)CC(=O)c1cccnc1. The molecule has 50 heavy (non-hydrogen) atoms. The van der Waals surface area contributed by atoms with Crippen LogP contribution >= 0.6 is 21.6 Å². The average Bonchev–Trinajstić information content (AvgIpc) is 3.11.